The Morgan fingerprint density at radius 1 is 1.03 bits per heavy atom. The van der Waals surface area contributed by atoms with Crippen LogP contribution in [0.4, 0.5) is 26.3 Å². The van der Waals surface area contributed by atoms with Crippen molar-refractivity contribution in [1.29, 1.82) is 0 Å². The molecule has 0 aromatic heterocycles. The molecule has 4 aliphatic rings. The van der Waals surface area contributed by atoms with Crippen molar-refractivity contribution >= 4 is 5.97 Å². The molecule has 4 aliphatic carbocycles. The average molecular weight is 432 g/mol. The second kappa shape index (κ2) is 6.48. The third-order valence-corrected chi connectivity index (χ3v) is 7.14. The Morgan fingerprint density at radius 2 is 1.52 bits per heavy atom. The number of carbonyl (C=O) groups excluding carboxylic acids is 1. The highest BCUT2D eigenvalue weighted by atomic mass is 19.4. The first-order valence-electron chi connectivity index (χ1n) is 9.78. The number of hydrogen-bond donors (Lipinski definition) is 2. The largest absolute Gasteiger partial charge is 0.459 e. The summed E-state index contributed by atoms with van der Waals surface area (Å²) in [6, 6.07) is 0. The van der Waals surface area contributed by atoms with Gasteiger partial charge in [0.2, 0.25) is 0 Å². The van der Waals surface area contributed by atoms with E-state index in [2.05, 4.69) is 0 Å². The lowest BCUT2D eigenvalue weighted by Gasteiger charge is -2.59. The standard InChI is InChI=1S/C19H26F6O4/c1-3-14(2,9-17(28,18(20,21)22)19(23,24)25)13(26)29-16-7-11-4-12(8-16)6-15(27,5-11)10-16/h11-12,27-28H,3-10H2,1-2H3. The van der Waals surface area contributed by atoms with Gasteiger partial charge in [-0.3, -0.25) is 4.79 Å². The minimum Gasteiger partial charge on any atom is -0.459 e. The van der Waals surface area contributed by atoms with E-state index >= 15 is 0 Å². The number of rotatable bonds is 5. The fraction of sp³-hybridized carbons (Fsp3) is 0.947. The topological polar surface area (TPSA) is 66.8 Å². The quantitative estimate of drug-likeness (QED) is 0.503. The molecule has 0 amide bonds. The lowest BCUT2D eigenvalue weighted by Crippen LogP contribution is -2.62. The molecule has 0 aromatic rings. The molecular weight excluding hydrogens is 406 g/mol. The Labute approximate surface area is 164 Å². The number of carbonyl (C=O) groups is 1. The van der Waals surface area contributed by atoms with Gasteiger partial charge in [-0.1, -0.05) is 6.92 Å². The number of hydrogen-bond acceptors (Lipinski definition) is 4. The van der Waals surface area contributed by atoms with Crippen LogP contribution in [0.1, 0.15) is 65.2 Å². The minimum absolute atomic E-state index is 0.115. The smallest absolute Gasteiger partial charge is 0.426 e. The van der Waals surface area contributed by atoms with Gasteiger partial charge in [-0.2, -0.15) is 26.3 Å². The number of esters is 1. The minimum atomic E-state index is -6.00. The molecule has 4 bridgehead atoms. The van der Waals surface area contributed by atoms with Crippen molar-refractivity contribution in [2.75, 3.05) is 0 Å². The fourth-order valence-corrected chi connectivity index (χ4v) is 5.84. The SMILES string of the molecule is CCC(C)(CC(O)(C(F)(F)F)C(F)(F)F)C(=O)OC12CC3CC(CC(O)(C3)C1)C2. The Morgan fingerprint density at radius 3 is 1.90 bits per heavy atom. The van der Waals surface area contributed by atoms with Crippen LogP contribution in [-0.2, 0) is 9.53 Å². The number of ether oxygens (including phenoxy) is 1. The summed E-state index contributed by atoms with van der Waals surface area (Å²) in [5.41, 5.74) is -9.30. The molecule has 0 aliphatic heterocycles. The van der Waals surface area contributed by atoms with E-state index in [9.17, 15) is 41.4 Å². The lowest BCUT2D eigenvalue weighted by atomic mass is 9.52. The molecular formula is C19H26F6O4. The first-order valence-corrected chi connectivity index (χ1v) is 9.78. The zero-order valence-electron chi connectivity index (χ0n) is 16.3. The highest BCUT2D eigenvalue weighted by Gasteiger charge is 2.72. The van der Waals surface area contributed by atoms with Gasteiger partial charge in [-0.05, 0) is 57.3 Å². The van der Waals surface area contributed by atoms with Crippen molar-refractivity contribution in [3.05, 3.63) is 0 Å². The summed E-state index contributed by atoms with van der Waals surface area (Å²) in [4.78, 5) is 12.9. The van der Waals surface area contributed by atoms with Crippen molar-refractivity contribution in [2.24, 2.45) is 17.3 Å². The molecule has 0 saturated heterocycles. The summed E-state index contributed by atoms with van der Waals surface area (Å²) in [6.07, 6.45) is -11.2. The van der Waals surface area contributed by atoms with Gasteiger partial charge in [-0.25, -0.2) is 0 Å². The molecule has 0 radical (unpaired) electrons. The van der Waals surface area contributed by atoms with E-state index in [1.807, 2.05) is 0 Å². The van der Waals surface area contributed by atoms with Gasteiger partial charge < -0.3 is 14.9 Å². The number of halogens is 6. The molecule has 4 fully saturated rings. The molecule has 10 heteroatoms. The van der Waals surface area contributed by atoms with Crippen LogP contribution < -0.4 is 0 Å². The van der Waals surface area contributed by atoms with E-state index in [0.29, 0.717) is 25.7 Å². The van der Waals surface area contributed by atoms with Crippen LogP contribution in [0.25, 0.3) is 0 Å². The molecule has 3 atom stereocenters. The van der Waals surface area contributed by atoms with Crippen LogP contribution in [0.3, 0.4) is 0 Å². The van der Waals surface area contributed by atoms with Crippen LogP contribution >= 0.6 is 0 Å². The van der Waals surface area contributed by atoms with Crippen molar-refractivity contribution in [1.82, 2.24) is 0 Å². The third-order valence-electron chi connectivity index (χ3n) is 7.14. The predicted molar refractivity (Wildman–Crippen MR) is 88.5 cm³/mol. The summed E-state index contributed by atoms with van der Waals surface area (Å²) >= 11 is 0. The van der Waals surface area contributed by atoms with E-state index in [0.717, 1.165) is 13.3 Å². The van der Waals surface area contributed by atoms with Crippen LogP contribution in [0, 0.1) is 17.3 Å². The molecule has 3 unspecified atom stereocenters. The number of alkyl halides is 6. The normalized spacial score (nSPS) is 36.8. The summed E-state index contributed by atoms with van der Waals surface area (Å²) in [5.74, 6) is -0.967. The third kappa shape index (κ3) is 3.75. The molecule has 0 heterocycles. The Kier molecular flexibility index (Phi) is 5.06. The molecule has 168 valence electrons. The first kappa shape index (κ1) is 22.7. The van der Waals surface area contributed by atoms with E-state index in [-0.39, 0.29) is 24.7 Å². The fourth-order valence-electron chi connectivity index (χ4n) is 5.84. The summed E-state index contributed by atoms with van der Waals surface area (Å²) in [7, 11) is 0. The van der Waals surface area contributed by atoms with E-state index in [4.69, 9.17) is 4.74 Å². The van der Waals surface area contributed by atoms with E-state index < -0.39 is 47.0 Å². The molecule has 4 nitrogen and oxygen atoms in total. The predicted octanol–water partition coefficient (Wildman–Crippen LogP) is 4.28. The monoisotopic (exact) mass is 432 g/mol. The first-order chi connectivity index (χ1) is 13.0. The summed E-state index contributed by atoms with van der Waals surface area (Å²) in [5, 5.41) is 20.3. The van der Waals surface area contributed by atoms with Crippen molar-refractivity contribution < 1.29 is 46.1 Å². The Balaban J connectivity index is 1.85. The highest BCUT2D eigenvalue weighted by Crippen LogP contribution is 2.59. The second-order valence-electron chi connectivity index (χ2n) is 9.70. The van der Waals surface area contributed by atoms with Crippen LogP contribution in [0.5, 0.6) is 0 Å². The zero-order valence-corrected chi connectivity index (χ0v) is 16.3. The summed E-state index contributed by atoms with van der Waals surface area (Å²) in [6.45, 7) is 2.23. The number of aliphatic hydroxyl groups is 2. The molecule has 2 N–H and O–H groups in total. The molecule has 29 heavy (non-hydrogen) atoms. The zero-order chi connectivity index (χ0) is 22.1. The van der Waals surface area contributed by atoms with Gasteiger partial charge in [0.15, 0.2) is 0 Å². The van der Waals surface area contributed by atoms with Gasteiger partial charge in [-0.15, -0.1) is 0 Å². The lowest BCUT2D eigenvalue weighted by molar-refractivity contribution is -0.375. The molecule has 0 aromatic carbocycles. The van der Waals surface area contributed by atoms with E-state index in [1.54, 1.807) is 0 Å². The van der Waals surface area contributed by atoms with Crippen molar-refractivity contribution in [3.63, 3.8) is 0 Å². The van der Waals surface area contributed by atoms with Gasteiger partial charge >= 0.3 is 18.3 Å². The average Bonchev–Trinajstić information content (AvgIpc) is 2.49. The van der Waals surface area contributed by atoms with Crippen molar-refractivity contribution in [3.8, 4) is 0 Å². The second-order valence-corrected chi connectivity index (χ2v) is 9.70. The van der Waals surface area contributed by atoms with Gasteiger partial charge in [0, 0.05) is 12.8 Å². The highest BCUT2D eigenvalue weighted by molar-refractivity contribution is 5.77. The Hall–Kier alpha value is -1.03. The van der Waals surface area contributed by atoms with Gasteiger partial charge in [0.25, 0.3) is 5.60 Å². The van der Waals surface area contributed by atoms with Crippen LogP contribution in [0.15, 0.2) is 0 Å². The van der Waals surface area contributed by atoms with Gasteiger partial charge in [0.1, 0.15) is 5.60 Å². The molecule has 4 rings (SSSR count). The maximum Gasteiger partial charge on any atom is 0.426 e. The van der Waals surface area contributed by atoms with Crippen LogP contribution in [0.2, 0.25) is 0 Å². The maximum atomic E-state index is 13.1. The van der Waals surface area contributed by atoms with Crippen LogP contribution in [-0.4, -0.2) is 45.3 Å². The maximum absolute atomic E-state index is 13.1. The van der Waals surface area contributed by atoms with E-state index in [1.165, 1.54) is 6.92 Å². The summed E-state index contributed by atoms with van der Waals surface area (Å²) < 4.78 is 84.5. The Bertz CT molecular complexity index is 645. The van der Waals surface area contributed by atoms with Crippen molar-refractivity contribution in [2.45, 2.75) is 94.4 Å². The van der Waals surface area contributed by atoms with Gasteiger partial charge in [0.05, 0.1) is 11.0 Å². The molecule has 4 saturated carbocycles. The molecule has 0 spiro atoms.